The van der Waals surface area contributed by atoms with Gasteiger partial charge in [0.05, 0.1) is 13.2 Å². The fourth-order valence-electron chi connectivity index (χ4n) is 1.89. The predicted molar refractivity (Wildman–Crippen MR) is 51.6 cm³/mol. The van der Waals surface area contributed by atoms with Crippen molar-refractivity contribution in [3.05, 3.63) is 0 Å². The summed E-state index contributed by atoms with van der Waals surface area (Å²) in [5.74, 6) is 0.308. The van der Waals surface area contributed by atoms with Gasteiger partial charge in [-0.1, -0.05) is 6.92 Å². The molecule has 1 aliphatic heterocycles. The molecule has 3 heteroatoms. The normalized spacial score (nSPS) is 23.7. The zero-order valence-electron chi connectivity index (χ0n) is 8.33. The molecular formula is C10H19NO2. The molecule has 1 atom stereocenters. The minimum atomic E-state index is 0.194. The number of aliphatic hydroxyl groups is 1. The molecule has 1 heterocycles. The first-order valence-electron chi connectivity index (χ1n) is 5.14. The highest BCUT2D eigenvalue weighted by molar-refractivity contribution is 5.80. The van der Waals surface area contributed by atoms with Gasteiger partial charge in [0.2, 0.25) is 0 Å². The van der Waals surface area contributed by atoms with E-state index in [1.807, 2.05) is 6.92 Å². The van der Waals surface area contributed by atoms with E-state index in [9.17, 15) is 4.79 Å². The number of carbonyl (C=O) groups is 1. The molecule has 1 fully saturated rings. The molecule has 1 aliphatic rings. The van der Waals surface area contributed by atoms with Crippen LogP contribution in [-0.2, 0) is 4.79 Å². The molecule has 0 bridgehead atoms. The highest BCUT2D eigenvalue weighted by Gasteiger charge is 2.24. The van der Waals surface area contributed by atoms with Crippen molar-refractivity contribution in [3.63, 3.8) is 0 Å². The van der Waals surface area contributed by atoms with Crippen molar-refractivity contribution in [1.29, 1.82) is 0 Å². The van der Waals surface area contributed by atoms with Crippen LogP contribution in [0.3, 0.4) is 0 Å². The molecule has 0 aromatic rings. The zero-order chi connectivity index (χ0) is 9.68. The Morgan fingerprint density at radius 1 is 1.62 bits per heavy atom. The Balaban J connectivity index is 2.30. The lowest BCUT2D eigenvalue weighted by Gasteiger charge is -2.21. The van der Waals surface area contributed by atoms with Crippen LogP contribution >= 0.6 is 0 Å². The van der Waals surface area contributed by atoms with Crippen LogP contribution in [0.15, 0.2) is 0 Å². The second-order valence-corrected chi connectivity index (χ2v) is 3.74. The number of aliphatic hydroxyl groups excluding tert-OH is 1. The second kappa shape index (κ2) is 5.35. The van der Waals surface area contributed by atoms with Gasteiger partial charge < -0.3 is 5.11 Å². The Bertz CT molecular complexity index is 170. The lowest BCUT2D eigenvalue weighted by Crippen LogP contribution is -2.36. The van der Waals surface area contributed by atoms with Crippen molar-refractivity contribution in [2.75, 3.05) is 19.7 Å². The Kier molecular flexibility index (Phi) is 4.39. The first kappa shape index (κ1) is 10.7. The molecule has 0 aliphatic carbocycles. The van der Waals surface area contributed by atoms with Crippen LogP contribution < -0.4 is 0 Å². The molecule has 0 radical (unpaired) electrons. The Labute approximate surface area is 79.7 Å². The smallest absolute Gasteiger partial charge is 0.146 e. The molecule has 1 unspecified atom stereocenters. The first-order valence-corrected chi connectivity index (χ1v) is 5.14. The van der Waals surface area contributed by atoms with Crippen LogP contribution in [0.25, 0.3) is 0 Å². The average Bonchev–Trinajstić information content (AvgIpc) is 2.52. The molecular weight excluding hydrogens is 166 g/mol. The maximum atomic E-state index is 11.3. The minimum absolute atomic E-state index is 0.194. The Hall–Kier alpha value is -0.410. The van der Waals surface area contributed by atoms with Crippen molar-refractivity contribution in [3.8, 4) is 0 Å². The van der Waals surface area contributed by atoms with E-state index in [4.69, 9.17) is 5.11 Å². The van der Waals surface area contributed by atoms with Crippen LogP contribution in [0.5, 0.6) is 0 Å². The van der Waals surface area contributed by atoms with Crippen LogP contribution in [0.4, 0.5) is 0 Å². The summed E-state index contributed by atoms with van der Waals surface area (Å²) in [5, 5.41) is 9.03. The van der Waals surface area contributed by atoms with E-state index in [0.29, 0.717) is 18.7 Å². The average molecular weight is 185 g/mol. The number of Topliss-reactive ketones (excluding diaryl/α,β-unsaturated/α-hetero) is 1. The standard InChI is InChI=1S/C10H19NO2/c1-2-4-10(13)7-11-6-3-5-9(11)8-12/h9,12H,2-8H2,1H3. The quantitative estimate of drug-likeness (QED) is 0.689. The molecule has 3 nitrogen and oxygen atoms in total. The Morgan fingerprint density at radius 3 is 3.00 bits per heavy atom. The van der Waals surface area contributed by atoms with E-state index >= 15 is 0 Å². The monoisotopic (exact) mass is 185 g/mol. The topological polar surface area (TPSA) is 40.5 Å². The van der Waals surface area contributed by atoms with E-state index in [2.05, 4.69) is 4.90 Å². The van der Waals surface area contributed by atoms with E-state index in [0.717, 1.165) is 25.8 Å². The zero-order valence-corrected chi connectivity index (χ0v) is 8.33. The molecule has 1 saturated heterocycles. The predicted octanol–water partition coefficient (Wildman–Crippen LogP) is 0.812. The fourth-order valence-corrected chi connectivity index (χ4v) is 1.89. The molecule has 1 N–H and O–H groups in total. The van der Waals surface area contributed by atoms with Crippen molar-refractivity contribution in [2.45, 2.75) is 38.6 Å². The minimum Gasteiger partial charge on any atom is -0.395 e. The van der Waals surface area contributed by atoms with Crippen LogP contribution in [0.2, 0.25) is 0 Å². The molecule has 0 saturated carbocycles. The number of nitrogens with zero attached hydrogens (tertiary/aromatic N) is 1. The van der Waals surface area contributed by atoms with E-state index < -0.39 is 0 Å². The van der Waals surface area contributed by atoms with Crippen LogP contribution in [0, 0.1) is 0 Å². The number of ketones is 1. The van der Waals surface area contributed by atoms with E-state index in [-0.39, 0.29) is 12.6 Å². The highest BCUT2D eigenvalue weighted by Crippen LogP contribution is 2.16. The summed E-state index contributed by atoms with van der Waals surface area (Å²) in [6, 6.07) is 0.237. The van der Waals surface area contributed by atoms with Crippen LogP contribution in [0.1, 0.15) is 32.6 Å². The van der Waals surface area contributed by atoms with Gasteiger partial charge in [0.25, 0.3) is 0 Å². The third-order valence-electron chi connectivity index (χ3n) is 2.62. The van der Waals surface area contributed by atoms with Crippen molar-refractivity contribution >= 4 is 5.78 Å². The lowest BCUT2D eigenvalue weighted by molar-refractivity contribution is -0.120. The van der Waals surface area contributed by atoms with Gasteiger partial charge in [0, 0.05) is 12.5 Å². The number of rotatable bonds is 5. The van der Waals surface area contributed by atoms with Crippen LogP contribution in [-0.4, -0.2) is 41.5 Å². The van der Waals surface area contributed by atoms with Crippen molar-refractivity contribution < 1.29 is 9.90 Å². The highest BCUT2D eigenvalue weighted by atomic mass is 16.3. The van der Waals surface area contributed by atoms with Gasteiger partial charge >= 0.3 is 0 Å². The third-order valence-corrected chi connectivity index (χ3v) is 2.62. The maximum Gasteiger partial charge on any atom is 0.146 e. The molecule has 0 aromatic heterocycles. The van der Waals surface area contributed by atoms with Crippen molar-refractivity contribution in [1.82, 2.24) is 4.90 Å². The summed E-state index contributed by atoms with van der Waals surface area (Å²) < 4.78 is 0. The van der Waals surface area contributed by atoms with Gasteiger partial charge in [-0.05, 0) is 25.8 Å². The molecule has 0 spiro atoms. The largest absolute Gasteiger partial charge is 0.395 e. The van der Waals surface area contributed by atoms with E-state index in [1.165, 1.54) is 0 Å². The molecule has 1 rings (SSSR count). The van der Waals surface area contributed by atoms with E-state index in [1.54, 1.807) is 0 Å². The van der Waals surface area contributed by atoms with Crippen molar-refractivity contribution in [2.24, 2.45) is 0 Å². The van der Waals surface area contributed by atoms with Gasteiger partial charge in [-0.25, -0.2) is 0 Å². The first-order chi connectivity index (χ1) is 6.27. The summed E-state index contributed by atoms with van der Waals surface area (Å²) in [5.41, 5.74) is 0. The molecule has 76 valence electrons. The number of hydrogen-bond donors (Lipinski definition) is 1. The molecule has 13 heavy (non-hydrogen) atoms. The SMILES string of the molecule is CCCC(=O)CN1CCCC1CO. The van der Waals surface area contributed by atoms with Gasteiger partial charge in [-0.2, -0.15) is 0 Å². The lowest BCUT2D eigenvalue weighted by atomic mass is 10.2. The number of carbonyl (C=O) groups excluding carboxylic acids is 1. The van der Waals surface area contributed by atoms with Gasteiger partial charge in [0.15, 0.2) is 0 Å². The molecule has 0 amide bonds. The summed E-state index contributed by atoms with van der Waals surface area (Å²) in [7, 11) is 0. The number of likely N-dealkylation sites (tertiary alicyclic amines) is 1. The molecule has 0 aromatic carbocycles. The third kappa shape index (κ3) is 3.08. The summed E-state index contributed by atoms with van der Waals surface area (Å²) in [4.78, 5) is 13.4. The van der Waals surface area contributed by atoms with Gasteiger partial charge in [0.1, 0.15) is 5.78 Å². The second-order valence-electron chi connectivity index (χ2n) is 3.74. The summed E-state index contributed by atoms with van der Waals surface area (Å²) >= 11 is 0. The summed E-state index contributed by atoms with van der Waals surface area (Å²) in [6.07, 6.45) is 3.76. The maximum absolute atomic E-state index is 11.3. The van der Waals surface area contributed by atoms with Gasteiger partial charge in [-0.3, -0.25) is 9.69 Å². The Morgan fingerprint density at radius 2 is 2.38 bits per heavy atom. The fraction of sp³-hybridized carbons (Fsp3) is 0.900. The summed E-state index contributed by atoms with van der Waals surface area (Å²) in [6.45, 7) is 3.73. The number of hydrogen-bond acceptors (Lipinski definition) is 3. The van der Waals surface area contributed by atoms with Gasteiger partial charge in [-0.15, -0.1) is 0 Å².